The van der Waals surface area contributed by atoms with Crippen LogP contribution in [-0.4, -0.2) is 10.2 Å². The van der Waals surface area contributed by atoms with Gasteiger partial charge in [0.15, 0.2) is 0 Å². The normalized spacial score (nSPS) is 11.3. The lowest BCUT2D eigenvalue weighted by molar-refractivity contribution is 0.456. The molecule has 2 N–H and O–H groups in total. The van der Waals surface area contributed by atoms with E-state index < -0.39 is 0 Å². The fourth-order valence-corrected chi connectivity index (χ4v) is 2.03. The second-order valence-electron chi connectivity index (χ2n) is 4.84. The van der Waals surface area contributed by atoms with Gasteiger partial charge in [-0.2, -0.15) is 0 Å². The molecule has 0 fully saturated rings. The van der Waals surface area contributed by atoms with Crippen molar-refractivity contribution >= 4 is 0 Å². The minimum absolute atomic E-state index is 0.185. The average molecular weight is 242 g/mol. The van der Waals surface area contributed by atoms with E-state index >= 15 is 0 Å². The second kappa shape index (κ2) is 4.73. The third-order valence-corrected chi connectivity index (χ3v) is 3.41. The molecule has 2 aliphatic carbocycles. The van der Waals surface area contributed by atoms with Gasteiger partial charge in [-0.15, -0.1) is 0 Å². The van der Waals surface area contributed by atoms with E-state index in [0.29, 0.717) is 5.56 Å². The van der Waals surface area contributed by atoms with Gasteiger partial charge >= 0.3 is 0 Å². The van der Waals surface area contributed by atoms with Crippen molar-refractivity contribution in [2.24, 2.45) is 0 Å². The zero-order chi connectivity index (χ0) is 13.3. The molecule has 0 aromatic heterocycles. The van der Waals surface area contributed by atoms with Crippen LogP contribution >= 0.6 is 0 Å². The predicted molar refractivity (Wildman–Crippen MR) is 73.2 cm³/mol. The number of hydrogen-bond donors (Lipinski definition) is 2. The van der Waals surface area contributed by atoms with Crippen molar-refractivity contribution in [2.45, 2.75) is 27.2 Å². The van der Waals surface area contributed by atoms with Crippen molar-refractivity contribution in [1.82, 2.24) is 0 Å². The number of aryl methyl sites for hydroxylation is 2. The Morgan fingerprint density at radius 2 is 1.56 bits per heavy atom. The molecule has 0 unspecified atom stereocenters. The molecule has 2 aromatic carbocycles. The lowest BCUT2D eigenvalue weighted by Gasteiger charge is -2.19. The number of aromatic hydroxyl groups is 2. The summed E-state index contributed by atoms with van der Waals surface area (Å²) in [4.78, 5) is 0. The molecule has 0 saturated carbocycles. The van der Waals surface area contributed by atoms with Crippen LogP contribution in [0.25, 0.3) is 0 Å². The standard InChI is InChI=1S/C9H10.C7H8O2/c1-6-3-8-4-9(5-8)7(6)2;1-5-4-6(8)2-3-7(5)9/h3-4H,5H2,1-2H3;2-4,8-9H,1H3. The lowest BCUT2D eigenvalue weighted by atomic mass is 9.86. The summed E-state index contributed by atoms with van der Waals surface area (Å²) in [5.74, 6) is 0.401. The lowest BCUT2D eigenvalue weighted by Crippen LogP contribution is -2.05. The van der Waals surface area contributed by atoms with Crippen molar-refractivity contribution < 1.29 is 10.2 Å². The highest BCUT2D eigenvalue weighted by Crippen LogP contribution is 2.27. The van der Waals surface area contributed by atoms with Crippen molar-refractivity contribution in [3.8, 4) is 11.5 Å². The third kappa shape index (κ3) is 2.48. The van der Waals surface area contributed by atoms with Crippen LogP contribution in [0.4, 0.5) is 0 Å². The Balaban J connectivity index is 0.000000134. The topological polar surface area (TPSA) is 40.5 Å². The van der Waals surface area contributed by atoms with E-state index in [9.17, 15) is 0 Å². The van der Waals surface area contributed by atoms with Gasteiger partial charge < -0.3 is 10.2 Å². The monoisotopic (exact) mass is 242 g/mol. The molecule has 94 valence electrons. The zero-order valence-corrected chi connectivity index (χ0v) is 11.0. The fraction of sp³-hybridized carbons (Fsp3) is 0.250. The van der Waals surface area contributed by atoms with Crippen molar-refractivity contribution in [2.75, 3.05) is 0 Å². The molecule has 0 aliphatic heterocycles. The van der Waals surface area contributed by atoms with Crippen LogP contribution in [-0.2, 0) is 6.42 Å². The predicted octanol–water partition coefficient (Wildman–Crippen LogP) is 3.61. The Morgan fingerprint density at radius 1 is 0.889 bits per heavy atom. The SMILES string of the molecule is Cc1cc(O)ccc1O.Cc1cc2cc(c1C)C2. The van der Waals surface area contributed by atoms with E-state index in [2.05, 4.69) is 26.0 Å². The fourth-order valence-electron chi connectivity index (χ4n) is 2.03. The molecule has 0 amide bonds. The number of phenols is 2. The first-order valence-electron chi connectivity index (χ1n) is 6.05. The average Bonchev–Trinajstić information content (AvgIpc) is 2.27. The summed E-state index contributed by atoms with van der Waals surface area (Å²) in [6.07, 6.45) is 1.23. The maximum absolute atomic E-state index is 8.93. The minimum Gasteiger partial charge on any atom is -0.508 e. The first kappa shape index (κ1) is 12.5. The first-order chi connectivity index (χ1) is 8.47. The Kier molecular flexibility index (Phi) is 3.28. The van der Waals surface area contributed by atoms with Crippen LogP contribution in [0.3, 0.4) is 0 Å². The molecule has 0 radical (unpaired) electrons. The molecule has 0 heterocycles. The Hall–Kier alpha value is -1.96. The summed E-state index contributed by atoms with van der Waals surface area (Å²) in [6.45, 7) is 6.12. The van der Waals surface area contributed by atoms with Gasteiger partial charge in [0, 0.05) is 0 Å². The van der Waals surface area contributed by atoms with Gasteiger partial charge in [-0.25, -0.2) is 0 Å². The summed E-state index contributed by atoms with van der Waals surface area (Å²) in [6, 6.07) is 8.98. The molecule has 0 saturated heterocycles. The molecular formula is C16H18O2. The minimum atomic E-state index is 0.185. The molecule has 2 aromatic rings. The highest BCUT2D eigenvalue weighted by atomic mass is 16.3. The van der Waals surface area contributed by atoms with Crippen LogP contribution in [0.15, 0.2) is 30.3 Å². The number of benzene rings is 2. The molecule has 2 heteroatoms. The maximum Gasteiger partial charge on any atom is 0.118 e. The number of hydrogen-bond acceptors (Lipinski definition) is 2. The van der Waals surface area contributed by atoms with Crippen LogP contribution in [0, 0.1) is 20.8 Å². The van der Waals surface area contributed by atoms with Gasteiger partial charge in [0.25, 0.3) is 0 Å². The molecule has 2 bridgehead atoms. The summed E-state index contributed by atoms with van der Waals surface area (Å²) in [7, 11) is 0. The summed E-state index contributed by atoms with van der Waals surface area (Å²) in [5, 5.41) is 17.8. The molecule has 0 spiro atoms. The van der Waals surface area contributed by atoms with Gasteiger partial charge in [-0.05, 0) is 73.2 Å². The zero-order valence-electron chi connectivity index (χ0n) is 11.0. The second-order valence-corrected chi connectivity index (χ2v) is 4.84. The Morgan fingerprint density at radius 3 is 1.94 bits per heavy atom. The van der Waals surface area contributed by atoms with Crippen LogP contribution in [0.5, 0.6) is 11.5 Å². The number of fused-ring (bicyclic) bond motifs is 2. The van der Waals surface area contributed by atoms with Gasteiger partial charge in [0.05, 0.1) is 0 Å². The van der Waals surface area contributed by atoms with Crippen LogP contribution < -0.4 is 0 Å². The summed E-state index contributed by atoms with van der Waals surface area (Å²) in [5.41, 5.74) is 6.69. The van der Waals surface area contributed by atoms with E-state index in [0.717, 1.165) is 0 Å². The Labute approximate surface area is 108 Å². The van der Waals surface area contributed by atoms with Crippen molar-refractivity contribution in [3.63, 3.8) is 0 Å². The molecule has 4 rings (SSSR count). The van der Waals surface area contributed by atoms with Gasteiger partial charge in [-0.1, -0.05) is 12.1 Å². The van der Waals surface area contributed by atoms with Crippen molar-refractivity contribution in [3.05, 3.63) is 58.1 Å². The van der Waals surface area contributed by atoms with Crippen molar-refractivity contribution in [1.29, 1.82) is 0 Å². The molecule has 2 nitrogen and oxygen atoms in total. The van der Waals surface area contributed by atoms with Gasteiger partial charge in [-0.3, -0.25) is 0 Å². The first-order valence-corrected chi connectivity index (χ1v) is 6.05. The highest BCUT2D eigenvalue weighted by Gasteiger charge is 2.12. The van der Waals surface area contributed by atoms with Crippen LogP contribution in [0.2, 0.25) is 0 Å². The van der Waals surface area contributed by atoms with E-state index in [4.69, 9.17) is 10.2 Å². The van der Waals surface area contributed by atoms with E-state index in [1.54, 1.807) is 12.5 Å². The van der Waals surface area contributed by atoms with E-state index in [-0.39, 0.29) is 11.5 Å². The molecule has 18 heavy (non-hydrogen) atoms. The Bertz CT molecular complexity index is 568. The van der Waals surface area contributed by atoms with Gasteiger partial charge in [0.1, 0.15) is 11.5 Å². The molecule has 2 aliphatic rings. The number of rotatable bonds is 0. The summed E-state index contributed by atoms with van der Waals surface area (Å²) < 4.78 is 0. The molecule has 0 atom stereocenters. The van der Waals surface area contributed by atoms with E-state index in [1.807, 2.05) is 0 Å². The smallest absolute Gasteiger partial charge is 0.118 e. The maximum atomic E-state index is 8.93. The molecular weight excluding hydrogens is 224 g/mol. The number of phenolic OH excluding ortho intramolecular Hbond substituents is 2. The quantitative estimate of drug-likeness (QED) is 0.591. The largest absolute Gasteiger partial charge is 0.508 e. The van der Waals surface area contributed by atoms with Gasteiger partial charge in [0.2, 0.25) is 0 Å². The van der Waals surface area contributed by atoms with Crippen LogP contribution in [0.1, 0.15) is 27.8 Å². The van der Waals surface area contributed by atoms with E-state index in [1.165, 1.54) is 41.3 Å². The highest BCUT2D eigenvalue weighted by molar-refractivity contribution is 5.47. The summed E-state index contributed by atoms with van der Waals surface area (Å²) >= 11 is 0. The third-order valence-electron chi connectivity index (χ3n) is 3.41.